The Morgan fingerprint density at radius 1 is 1.20 bits per heavy atom. The molecule has 1 aromatic carbocycles. The van der Waals surface area contributed by atoms with E-state index >= 15 is 0 Å². The van der Waals surface area contributed by atoms with Gasteiger partial charge in [0.15, 0.2) is 0 Å². The first kappa shape index (κ1) is 27.0. The molecule has 0 N–H and O–H groups in total. The Morgan fingerprint density at radius 3 is 2.44 bits per heavy atom. The van der Waals surface area contributed by atoms with Crippen LogP contribution < -0.4 is 0 Å². The van der Waals surface area contributed by atoms with E-state index in [4.69, 9.17) is 4.74 Å². The molecule has 25 heavy (non-hydrogen) atoms. The van der Waals surface area contributed by atoms with Crippen molar-refractivity contribution < 1.29 is 49.0 Å². The molecule has 1 aromatic rings. The van der Waals surface area contributed by atoms with Gasteiger partial charge in [-0.25, -0.2) is 0 Å². The van der Waals surface area contributed by atoms with Gasteiger partial charge in [-0.05, 0) is 55.4 Å². The van der Waals surface area contributed by atoms with E-state index in [0.717, 1.165) is 44.1 Å². The maximum Gasteiger partial charge on any atom is 2.00 e. The molecular formula is C20H29F3OU. The maximum absolute atomic E-state index is 13.2. The van der Waals surface area contributed by atoms with Crippen LogP contribution in [0.2, 0.25) is 0 Å². The van der Waals surface area contributed by atoms with Gasteiger partial charge in [-0.2, -0.15) is 19.6 Å². The van der Waals surface area contributed by atoms with E-state index in [1.54, 1.807) is 26.2 Å². The Bertz CT molecular complexity index is 510. The minimum atomic E-state index is -4.33. The number of alkyl halides is 3. The second-order valence-electron chi connectivity index (χ2n) is 5.71. The second-order valence-corrected chi connectivity index (χ2v) is 5.71. The normalized spacial score (nSPS) is 11.7. The van der Waals surface area contributed by atoms with Crippen molar-refractivity contribution in [2.45, 2.75) is 51.6 Å². The van der Waals surface area contributed by atoms with Crippen molar-refractivity contribution in [1.29, 1.82) is 0 Å². The van der Waals surface area contributed by atoms with Crippen LogP contribution in [0, 0.1) is 45.5 Å². The molecule has 0 aliphatic carbocycles. The number of ether oxygens (including phenoxy) is 1. The summed E-state index contributed by atoms with van der Waals surface area (Å²) in [5.74, 6) is 0. The zero-order chi connectivity index (χ0) is 17.3. The van der Waals surface area contributed by atoms with Crippen LogP contribution in [0.1, 0.15) is 55.7 Å². The monoisotopic (exact) mass is 580 g/mol. The van der Waals surface area contributed by atoms with Crippen molar-refractivity contribution in [3.8, 4) is 0 Å². The van der Waals surface area contributed by atoms with Crippen LogP contribution in [0.5, 0.6) is 0 Å². The van der Waals surface area contributed by atoms with Gasteiger partial charge in [0, 0.05) is 13.7 Å². The molecule has 0 saturated heterocycles. The molecule has 0 spiro atoms. The predicted octanol–water partition coefficient (Wildman–Crippen LogP) is 6.53. The minimum Gasteiger partial charge on any atom is -0.385 e. The van der Waals surface area contributed by atoms with Crippen LogP contribution in [0.15, 0.2) is 24.3 Å². The van der Waals surface area contributed by atoms with E-state index in [0.29, 0.717) is 17.7 Å². The summed E-state index contributed by atoms with van der Waals surface area (Å²) < 4.78 is 44.7. The predicted molar refractivity (Wildman–Crippen MR) is 95.5 cm³/mol. The average Bonchev–Trinajstić information content (AvgIpc) is 2.51. The van der Waals surface area contributed by atoms with Crippen LogP contribution in [-0.2, 0) is 17.3 Å². The van der Waals surface area contributed by atoms with E-state index in [-0.39, 0.29) is 38.5 Å². The number of hydrogen-bond donors (Lipinski definition) is 0. The van der Waals surface area contributed by atoms with Crippen molar-refractivity contribution in [1.82, 2.24) is 0 Å². The molecule has 0 atom stereocenters. The first-order chi connectivity index (χ1) is 10.9. The molecule has 1 rings (SSSR count). The van der Waals surface area contributed by atoms with Gasteiger partial charge < -0.3 is 19.1 Å². The van der Waals surface area contributed by atoms with E-state index in [2.05, 4.69) is 6.92 Å². The number of benzene rings is 1. The van der Waals surface area contributed by atoms with Crippen LogP contribution in [0.4, 0.5) is 13.2 Å². The third kappa shape index (κ3) is 9.87. The number of halogens is 3. The van der Waals surface area contributed by atoms with Gasteiger partial charge >= 0.3 is 37.3 Å². The van der Waals surface area contributed by atoms with Crippen molar-refractivity contribution in [3.05, 3.63) is 55.3 Å². The molecule has 0 unspecified atom stereocenters. The topological polar surface area (TPSA) is 9.23 Å². The minimum absolute atomic E-state index is 0. The van der Waals surface area contributed by atoms with Crippen LogP contribution in [0.3, 0.4) is 0 Å². The van der Waals surface area contributed by atoms with Gasteiger partial charge in [-0.1, -0.05) is 24.6 Å². The summed E-state index contributed by atoms with van der Waals surface area (Å²) >= 11 is 0. The first-order valence-electron chi connectivity index (χ1n) is 8.05. The van der Waals surface area contributed by atoms with Gasteiger partial charge in [-0.3, -0.25) is 0 Å². The molecule has 0 aliphatic heterocycles. The molecule has 140 valence electrons. The fraction of sp³-hybridized carbons (Fsp3) is 0.500. The number of rotatable bonds is 9. The van der Waals surface area contributed by atoms with Crippen molar-refractivity contribution in [2.75, 3.05) is 13.7 Å². The van der Waals surface area contributed by atoms with Gasteiger partial charge in [0.25, 0.3) is 0 Å². The van der Waals surface area contributed by atoms with E-state index < -0.39 is 11.7 Å². The number of unbranched alkanes of at least 4 members (excludes halogenated alkanes) is 3. The van der Waals surface area contributed by atoms with Gasteiger partial charge in [0.05, 0.1) is 5.56 Å². The zero-order valence-corrected chi connectivity index (χ0v) is 19.7. The number of aryl methyl sites for hydroxylation is 1. The van der Waals surface area contributed by atoms with Crippen molar-refractivity contribution in [2.24, 2.45) is 0 Å². The number of hydrogen-bond acceptors (Lipinski definition) is 1. The summed E-state index contributed by atoms with van der Waals surface area (Å²) in [7, 11) is 1.65. The molecule has 5 heteroatoms. The third-order valence-corrected chi connectivity index (χ3v) is 3.78. The molecule has 0 saturated carbocycles. The smallest absolute Gasteiger partial charge is 0.385 e. The molecule has 0 aromatic heterocycles. The number of methoxy groups -OCH3 is 1. The fourth-order valence-electron chi connectivity index (χ4n) is 2.47. The quantitative estimate of drug-likeness (QED) is 0.239. The van der Waals surface area contributed by atoms with E-state index in [1.165, 1.54) is 6.07 Å². The molecule has 0 heterocycles. The Kier molecular flexibility index (Phi) is 15.0. The van der Waals surface area contributed by atoms with Crippen molar-refractivity contribution >= 4 is 5.57 Å². The molecule has 0 bridgehead atoms. The van der Waals surface area contributed by atoms with E-state index in [9.17, 15) is 13.2 Å². The molecule has 0 aliphatic rings. The summed E-state index contributed by atoms with van der Waals surface area (Å²) in [5.41, 5.74) is 1.36. The summed E-state index contributed by atoms with van der Waals surface area (Å²) in [6.07, 6.45) is 2.57. The van der Waals surface area contributed by atoms with Gasteiger partial charge in [0.2, 0.25) is 0 Å². The Labute approximate surface area is 174 Å². The molecule has 0 fully saturated rings. The van der Waals surface area contributed by atoms with Crippen LogP contribution >= 0.6 is 0 Å². The zero-order valence-electron chi connectivity index (χ0n) is 15.5. The Balaban J connectivity index is 0. The standard InChI is InChI=1S/C19H26F3O.CH3.U/c1-4-5-10-16-11-12-18(19(20,21)22)17(14-16)15(2)9-7-6-8-13-23-3;;/h9,11-12,14H,1,4-8,10,13H2,2-3H3;1H3;/q2*-1;+2/b15-9-;;. The summed E-state index contributed by atoms with van der Waals surface area (Å²) in [4.78, 5) is 0. The second kappa shape index (κ2) is 13.9. The average molecular weight is 580 g/mol. The Morgan fingerprint density at radius 2 is 1.88 bits per heavy atom. The largest absolute Gasteiger partial charge is 2.00 e. The third-order valence-electron chi connectivity index (χ3n) is 3.78. The molecule has 1 nitrogen and oxygen atoms in total. The summed E-state index contributed by atoms with van der Waals surface area (Å²) in [5, 5.41) is 0. The summed E-state index contributed by atoms with van der Waals surface area (Å²) in [6.45, 7) is 6.22. The SMILES string of the molecule is [CH2-]CCCc1ccc(C(F)(F)F)c(/C(C)=C\CCCCOC)c1.[CH3-].[U+2]. The van der Waals surface area contributed by atoms with Gasteiger partial charge in [-0.15, -0.1) is 0 Å². The fourth-order valence-corrected chi connectivity index (χ4v) is 2.47. The summed E-state index contributed by atoms with van der Waals surface area (Å²) in [6, 6.07) is 4.46. The maximum atomic E-state index is 13.2. The first-order valence-corrected chi connectivity index (χ1v) is 8.05. The van der Waals surface area contributed by atoms with Gasteiger partial charge in [0.1, 0.15) is 0 Å². The Hall–Kier alpha value is -0.238. The van der Waals surface area contributed by atoms with Crippen LogP contribution in [-0.4, -0.2) is 13.7 Å². The molecular weight excluding hydrogens is 551 g/mol. The van der Waals surface area contributed by atoms with Crippen molar-refractivity contribution in [3.63, 3.8) is 0 Å². The van der Waals surface area contributed by atoms with Crippen LogP contribution in [0.25, 0.3) is 5.57 Å². The molecule has 0 radical (unpaired) electrons. The van der Waals surface area contributed by atoms with E-state index in [1.807, 2.05) is 6.08 Å². The number of allylic oxidation sites excluding steroid dienone is 2. The molecule has 0 amide bonds.